The minimum atomic E-state index is -0.485. The lowest BCUT2D eigenvalue weighted by Gasteiger charge is -2.33. The van der Waals surface area contributed by atoms with Crippen LogP contribution in [0.5, 0.6) is 0 Å². The average Bonchev–Trinajstić information content (AvgIpc) is 2.58. The predicted molar refractivity (Wildman–Crippen MR) is 90.4 cm³/mol. The van der Waals surface area contributed by atoms with Gasteiger partial charge in [-0.15, -0.1) is 0 Å². The van der Waals surface area contributed by atoms with Crippen LogP contribution >= 0.6 is 0 Å². The van der Waals surface area contributed by atoms with Crippen LogP contribution in [0.2, 0.25) is 0 Å². The van der Waals surface area contributed by atoms with Crippen molar-refractivity contribution in [3.63, 3.8) is 0 Å². The van der Waals surface area contributed by atoms with Crippen molar-refractivity contribution in [3.8, 4) is 0 Å². The summed E-state index contributed by atoms with van der Waals surface area (Å²) in [4.78, 5) is 2.48. The highest BCUT2D eigenvalue weighted by atomic mass is 19.1. The van der Waals surface area contributed by atoms with Crippen LogP contribution in [0.1, 0.15) is 36.5 Å². The van der Waals surface area contributed by atoms with E-state index >= 15 is 0 Å². The predicted octanol–water partition coefficient (Wildman–Crippen LogP) is 4.16. The van der Waals surface area contributed by atoms with E-state index in [2.05, 4.69) is 29.2 Å². The highest BCUT2D eigenvalue weighted by Crippen LogP contribution is 2.28. The molecule has 0 spiro atoms. The smallest absolute Gasteiger partial charge is 0.123 e. The maximum atomic E-state index is 12.9. The number of nitrogens with zero attached hydrogens (tertiary/aromatic N) is 1. The van der Waals surface area contributed by atoms with Crippen molar-refractivity contribution < 1.29 is 9.50 Å². The van der Waals surface area contributed by atoms with Crippen LogP contribution in [-0.2, 0) is 6.54 Å². The van der Waals surface area contributed by atoms with E-state index < -0.39 is 6.10 Å². The summed E-state index contributed by atoms with van der Waals surface area (Å²) >= 11 is 0. The Morgan fingerprint density at radius 3 is 2.30 bits per heavy atom. The van der Waals surface area contributed by atoms with E-state index in [4.69, 9.17) is 0 Å². The van der Waals surface area contributed by atoms with Gasteiger partial charge in [0.2, 0.25) is 0 Å². The van der Waals surface area contributed by atoms with Gasteiger partial charge in [0.25, 0.3) is 0 Å². The summed E-state index contributed by atoms with van der Waals surface area (Å²) in [6.45, 7) is 3.17. The van der Waals surface area contributed by atoms with Gasteiger partial charge in [-0.3, -0.25) is 4.90 Å². The molecule has 0 amide bonds. The Hall–Kier alpha value is -1.71. The zero-order chi connectivity index (χ0) is 16.1. The molecule has 2 aromatic carbocycles. The largest absolute Gasteiger partial charge is 0.388 e. The molecule has 0 aromatic heterocycles. The maximum absolute atomic E-state index is 12.9. The Morgan fingerprint density at radius 1 is 1.00 bits per heavy atom. The molecular weight excluding hydrogens is 289 g/mol. The van der Waals surface area contributed by atoms with Crippen LogP contribution < -0.4 is 0 Å². The molecule has 1 aliphatic heterocycles. The van der Waals surface area contributed by atoms with Crippen molar-refractivity contribution in [2.24, 2.45) is 5.92 Å². The third-order valence-electron chi connectivity index (χ3n) is 4.77. The summed E-state index contributed by atoms with van der Waals surface area (Å²) in [6, 6.07) is 16.8. The normalized spacial score (nSPS) is 18.0. The van der Waals surface area contributed by atoms with Crippen LogP contribution in [0, 0.1) is 11.7 Å². The third kappa shape index (κ3) is 4.63. The second-order valence-corrected chi connectivity index (χ2v) is 6.51. The number of piperidine rings is 1. The average molecular weight is 313 g/mol. The molecule has 1 heterocycles. The molecular formula is C20H24FNO. The first kappa shape index (κ1) is 16.2. The van der Waals surface area contributed by atoms with Gasteiger partial charge in [-0.25, -0.2) is 4.39 Å². The molecule has 0 radical (unpaired) electrons. The Labute approximate surface area is 137 Å². The summed E-state index contributed by atoms with van der Waals surface area (Å²) in [5.74, 6) is 0.289. The van der Waals surface area contributed by atoms with Crippen molar-refractivity contribution >= 4 is 0 Å². The zero-order valence-corrected chi connectivity index (χ0v) is 13.4. The van der Waals surface area contributed by atoms with Crippen molar-refractivity contribution in [2.45, 2.75) is 31.9 Å². The van der Waals surface area contributed by atoms with E-state index in [1.165, 1.54) is 17.7 Å². The first-order valence-corrected chi connectivity index (χ1v) is 8.40. The fourth-order valence-corrected chi connectivity index (χ4v) is 3.36. The summed E-state index contributed by atoms with van der Waals surface area (Å²) in [5.41, 5.74) is 2.18. The van der Waals surface area contributed by atoms with E-state index in [0.29, 0.717) is 5.92 Å². The molecule has 1 saturated heterocycles. The summed E-state index contributed by atoms with van der Waals surface area (Å²) in [5, 5.41) is 10.3. The zero-order valence-electron chi connectivity index (χ0n) is 13.4. The van der Waals surface area contributed by atoms with Gasteiger partial charge in [0, 0.05) is 6.54 Å². The number of aliphatic hydroxyl groups is 1. The maximum Gasteiger partial charge on any atom is 0.123 e. The lowest BCUT2D eigenvalue weighted by atomic mass is 9.89. The number of hydrogen-bond donors (Lipinski definition) is 1. The molecule has 122 valence electrons. The molecule has 0 saturated carbocycles. The van der Waals surface area contributed by atoms with Gasteiger partial charge in [0.15, 0.2) is 0 Å². The third-order valence-corrected chi connectivity index (χ3v) is 4.77. The fourth-order valence-electron chi connectivity index (χ4n) is 3.36. The monoisotopic (exact) mass is 313 g/mol. The van der Waals surface area contributed by atoms with Crippen LogP contribution in [0.3, 0.4) is 0 Å². The van der Waals surface area contributed by atoms with E-state index in [1.54, 1.807) is 12.1 Å². The molecule has 1 atom stereocenters. The molecule has 1 N–H and O–H groups in total. The molecule has 1 fully saturated rings. The first-order chi connectivity index (χ1) is 11.2. The van der Waals surface area contributed by atoms with Crippen LogP contribution in [0.4, 0.5) is 4.39 Å². The van der Waals surface area contributed by atoms with Crippen molar-refractivity contribution in [3.05, 3.63) is 71.5 Å². The van der Waals surface area contributed by atoms with Crippen LogP contribution in [0.15, 0.2) is 54.6 Å². The summed E-state index contributed by atoms with van der Waals surface area (Å²) in [6.07, 6.45) is 2.52. The van der Waals surface area contributed by atoms with Crippen molar-refractivity contribution in [1.29, 1.82) is 0 Å². The highest BCUT2D eigenvalue weighted by Gasteiger charge is 2.22. The highest BCUT2D eigenvalue weighted by molar-refractivity contribution is 5.18. The molecule has 0 aliphatic carbocycles. The number of hydrogen-bond acceptors (Lipinski definition) is 2. The quantitative estimate of drug-likeness (QED) is 0.896. The number of aliphatic hydroxyl groups excluding tert-OH is 1. The fraction of sp³-hybridized carbons (Fsp3) is 0.400. The van der Waals surface area contributed by atoms with Gasteiger partial charge in [-0.05, 0) is 61.5 Å². The van der Waals surface area contributed by atoms with E-state index in [-0.39, 0.29) is 5.82 Å². The molecule has 0 bridgehead atoms. The molecule has 1 aliphatic rings. The number of benzene rings is 2. The molecule has 3 rings (SSSR count). The SMILES string of the molecule is O[C@@H](CC1CCN(Cc2ccccc2)CC1)c1ccc(F)cc1. The minimum absolute atomic E-state index is 0.254. The molecule has 2 nitrogen and oxygen atoms in total. The Balaban J connectivity index is 1.46. The van der Waals surface area contributed by atoms with Gasteiger partial charge >= 0.3 is 0 Å². The molecule has 2 aromatic rings. The van der Waals surface area contributed by atoms with E-state index in [9.17, 15) is 9.50 Å². The first-order valence-electron chi connectivity index (χ1n) is 8.40. The van der Waals surface area contributed by atoms with Gasteiger partial charge in [0.1, 0.15) is 5.82 Å². The molecule has 3 heteroatoms. The lowest BCUT2D eigenvalue weighted by Crippen LogP contribution is -2.33. The molecule has 23 heavy (non-hydrogen) atoms. The second kappa shape index (κ2) is 7.71. The lowest BCUT2D eigenvalue weighted by molar-refractivity contribution is 0.106. The minimum Gasteiger partial charge on any atom is -0.388 e. The summed E-state index contributed by atoms with van der Waals surface area (Å²) < 4.78 is 12.9. The Bertz CT molecular complexity index is 591. The summed E-state index contributed by atoms with van der Waals surface area (Å²) in [7, 11) is 0. The van der Waals surface area contributed by atoms with Gasteiger partial charge in [-0.1, -0.05) is 42.5 Å². The van der Waals surface area contributed by atoms with Crippen molar-refractivity contribution in [2.75, 3.05) is 13.1 Å². The number of rotatable bonds is 5. The molecule has 0 unspecified atom stereocenters. The van der Waals surface area contributed by atoms with E-state index in [0.717, 1.165) is 44.5 Å². The van der Waals surface area contributed by atoms with E-state index in [1.807, 2.05) is 6.07 Å². The topological polar surface area (TPSA) is 23.5 Å². The number of halogens is 1. The van der Waals surface area contributed by atoms with Crippen molar-refractivity contribution in [1.82, 2.24) is 4.90 Å². The van der Waals surface area contributed by atoms with Gasteiger partial charge in [0.05, 0.1) is 6.10 Å². The van der Waals surface area contributed by atoms with Gasteiger partial charge in [-0.2, -0.15) is 0 Å². The van der Waals surface area contributed by atoms with Crippen LogP contribution in [0.25, 0.3) is 0 Å². The second-order valence-electron chi connectivity index (χ2n) is 6.51. The van der Waals surface area contributed by atoms with Gasteiger partial charge < -0.3 is 5.11 Å². The Kier molecular flexibility index (Phi) is 5.42. The Morgan fingerprint density at radius 2 is 1.65 bits per heavy atom. The van der Waals surface area contributed by atoms with Crippen LogP contribution in [-0.4, -0.2) is 23.1 Å². The number of likely N-dealkylation sites (tertiary alicyclic amines) is 1. The standard InChI is InChI=1S/C20H24FNO/c21-19-8-6-18(7-9-19)20(23)14-16-10-12-22(13-11-16)15-17-4-2-1-3-5-17/h1-9,16,20,23H,10-15H2/t20-/m0/s1.